The summed E-state index contributed by atoms with van der Waals surface area (Å²) >= 11 is 0. The topological polar surface area (TPSA) is 9.23 Å². The number of benzene rings is 3. The Morgan fingerprint density at radius 3 is 2.41 bits per heavy atom. The molecule has 1 heteroatoms. The molecule has 0 radical (unpaired) electrons. The SMILES string of the molecule is COc1ccccc1Cc1cccc2c1Cc1ccccc1-2. The monoisotopic (exact) mass is 286 g/mol. The van der Waals surface area contributed by atoms with Crippen LogP contribution in [0.25, 0.3) is 11.1 Å². The third-order valence-electron chi connectivity index (χ3n) is 4.52. The van der Waals surface area contributed by atoms with Gasteiger partial charge in [-0.25, -0.2) is 0 Å². The van der Waals surface area contributed by atoms with Crippen LogP contribution < -0.4 is 4.74 Å². The van der Waals surface area contributed by atoms with Crippen LogP contribution in [0.2, 0.25) is 0 Å². The molecule has 3 aromatic rings. The van der Waals surface area contributed by atoms with Gasteiger partial charge in [-0.1, -0.05) is 60.7 Å². The molecule has 108 valence electrons. The Labute approximate surface area is 131 Å². The smallest absolute Gasteiger partial charge is 0.122 e. The molecule has 0 spiro atoms. The van der Waals surface area contributed by atoms with E-state index in [1.54, 1.807) is 7.11 Å². The Morgan fingerprint density at radius 1 is 0.773 bits per heavy atom. The summed E-state index contributed by atoms with van der Waals surface area (Å²) in [6.07, 6.45) is 1.96. The lowest BCUT2D eigenvalue weighted by Gasteiger charge is -2.11. The number of methoxy groups -OCH3 is 1. The molecule has 0 heterocycles. The van der Waals surface area contributed by atoms with Gasteiger partial charge in [-0.15, -0.1) is 0 Å². The highest BCUT2D eigenvalue weighted by Crippen LogP contribution is 2.39. The van der Waals surface area contributed by atoms with Gasteiger partial charge in [-0.2, -0.15) is 0 Å². The highest BCUT2D eigenvalue weighted by molar-refractivity contribution is 5.78. The number of hydrogen-bond donors (Lipinski definition) is 0. The third-order valence-corrected chi connectivity index (χ3v) is 4.52. The van der Waals surface area contributed by atoms with Gasteiger partial charge in [-0.05, 0) is 45.9 Å². The van der Waals surface area contributed by atoms with Gasteiger partial charge in [0.05, 0.1) is 7.11 Å². The Hall–Kier alpha value is -2.54. The molecular weight excluding hydrogens is 268 g/mol. The highest BCUT2D eigenvalue weighted by Gasteiger charge is 2.20. The lowest BCUT2D eigenvalue weighted by atomic mass is 9.96. The predicted molar refractivity (Wildman–Crippen MR) is 90.5 cm³/mol. The first-order valence-corrected chi connectivity index (χ1v) is 7.68. The first-order chi connectivity index (χ1) is 10.9. The fourth-order valence-corrected chi connectivity index (χ4v) is 3.44. The molecule has 1 aliphatic carbocycles. The average molecular weight is 286 g/mol. The zero-order chi connectivity index (χ0) is 14.9. The molecule has 3 aromatic carbocycles. The molecule has 0 unspecified atom stereocenters. The van der Waals surface area contributed by atoms with Crippen molar-refractivity contribution in [2.45, 2.75) is 12.8 Å². The summed E-state index contributed by atoms with van der Waals surface area (Å²) in [4.78, 5) is 0. The lowest BCUT2D eigenvalue weighted by molar-refractivity contribution is 0.410. The number of fused-ring (bicyclic) bond motifs is 3. The van der Waals surface area contributed by atoms with E-state index in [0.29, 0.717) is 0 Å². The second kappa shape index (κ2) is 5.34. The molecule has 1 aliphatic rings. The number of hydrogen-bond acceptors (Lipinski definition) is 1. The van der Waals surface area contributed by atoms with Gasteiger partial charge in [0.15, 0.2) is 0 Å². The van der Waals surface area contributed by atoms with Gasteiger partial charge in [0, 0.05) is 6.42 Å². The normalized spacial score (nSPS) is 11.9. The van der Waals surface area contributed by atoms with Crippen molar-refractivity contribution in [1.82, 2.24) is 0 Å². The molecule has 0 amide bonds. The van der Waals surface area contributed by atoms with E-state index in [0.717, 1.165) is 18.6 Å². The van der Waals surface area contributed by atoms with Crippen LogP contribution in [-0.2, 0) is 12.8 Å². The van der Waals surface area contributed by atoms with E-state index in [-0.39, 0.29) is 0 Å². The van der Waals surface area contributed by atoms with E-state index in [4.69, 9.17) is 4.74 Å². The second-order valence-corrected chi connectivity index (χ2v) is 5.77. The van der Waals surface area contributed by atoms with Crippen LogP contribution >= 0.6 is 0 Å². The molecule has 0 saturated heterocycles. The Bertz CT molecular complexity index is 833. The molecule has 0 aromatic heterocycles. The van der Waals surface area contributed by atoms with Crippen molar-refractivity contribution in [2.24, 2.45) is 0 Å². The van der Waals surface area contributed by atoms with Crippen LogP contribution in [0.15, 0.2) is 66.7 Å². The van der Waals surface area contributed by atoms with E-state index < -0.39 is 0 Å². The fraction of sp³-hybridized carbons (Fsp3) is 0.143. The maximum Gasteiger partial charge on any atom is 0.122 e. The van der Waals surface area contributed by atoms with Crippen LogP contribution in [-0.4, -0.2) is 7.11 Å². The summed E-state index contributed by atoms with van der Waals surface area (Å²) in [6.45, 7) is 0. The molecule has 4 rings (SSSR count). The largest absolute Gasteiger partial charge is 0.496 e. The Balaban J connectivity index is 1.77. The summed E-state index contributed by atoms with van der Waals surface area (Å²) in [6, 6.07) is 23.7. The van der Waals surface area contributed by atoms with Gasteiger partial charge < -0.3 is 4.74 Å². The minimum atomic E-state index is 0.918. The van der Waals surface area contributed by atoms with E-state index in [1.807, 2.05) is 12.1 Å². The summed E-state index contributed by atoms with van der Waals surface area (Å²) < 4.78 is 5.50. The summed E-state index contributed by atoms with van der Waals surface area (Å²) in [5, 5.41) is 0. The third kappa shape index (κ3) is 2.10. The van der Waals surface area contributed by atoms with Crippen molar-refractivity contribution < 1.29 is 4.74 Å². The molecular formula is C21H18O. The first kappa shape index (κ1) is 13.1. The average Bonchev–Trinajstić information content (AvgIpc) is 2.95. The van der Waals surface area contributed by atoms with Crippen LogP contribution in [0, 0.1) is 0 Å². The molecule has 0 aliphatic heterocycles. The number of rotatable bonds is 3. The second-order valence-electron chi connectivity index (χ2n) is 5.77. The highest BCUT2D eigenvalue weighted by atomic mass is 16.5. The standard InChI is InChI=1S/C21H18O/c1-22-21-12-5-3-8-17(21)13-15-9-6-11-19-18-10-4-2-7-16(18)14-20(15)19/h2-12H,13-14H2,1H3. The number of ether oxygens (including phenoxy) is 1. The van der Waals surface area contributed by atoms with E-state index >= 15 is 0 Å². The van der Waals surface area contributed by atoms with Crippen LogP contribution in [0.3, 0.4) is 0 Å². The Kier molecular flexibility index (Phi) is 3.19. The van der Waals surface area contributed by atoms with Crippen molar-refractivity contribution >= 4 is 0 Å². The zero-order valence-corrected chi connectivity index (χ0v) is 12.7. The van der Waals surface area contributed by atoms with Crippen molar-refractivity contribution in [3.63, 3.8) is 0 Å². The van der Waals surface area contributed by atoms with Crippen LogP contribution in [0.5, 0.6) is 5.75 Å². The van der Waals surface area contributed by atoms with Crippen LogP contribution in [0.1, 0.15) is 22.3 Å². The zero-order valence-electron chi connectivity index (χ0n) is 12.7. The molecule has 1 nitrogen and oxygen atoms in total. The van der Waals surface area contributed by atoms with Gasteiger partial charge >= 0.3 is 0 Å². The molecule has 0 N–H and O–H groups in total. The van der Waals surface area contributed by atoms with Crippen LogP contribution in [0.4, 0.5) is 0 Å². The fourth-order valence-electron chi connectivity index (χ4n) is 3.44. The molecule has 0 fully saturated rings. The molecule has 22 heavy (non-hydrogen) atoms. The van der Waals surface area contributed by atoms with E-state index in [2.05, 4.69) is 54.6 Å². The molecule has 0 atom stereocenters. The minimum Gasteiger partial charge on any atom is -0.496 e. The van der Waals surface area contributed by atoms with Gasteiger partial charge in [0.25, 0.3) is 0 Å². The van der Waals surface area contributed by atoms with Gasteiger partial charge in [-0.3, -0.25) is 0 Å². The first-order valence-electron chi connectivity index (χ1n) is 7.68. The maximum absolute atomic E-state index is 5.50. The van der Waals surface area contributed by atoms with Crippen molar-refractivity contribution in [3.05, 3.63) is 89.0 Å². The Morgan fingerprint density at radius 2 is 1.50 bits per heavy atom. The van der Waals surface area contributed by atoms with Crippen molar-refractivity contribution in [3.8, 4) is 16.9 Å². The van der Waals surface area contributed by atoms with Gasteiger partial charge in [0.2, 0.25) is 0 Å². The summed E-state index contributed by atoms with van der Waals surface area (Å²) in [5.41, 5.74) is 8.33. The number of para-hydroxylation sites is 1. The lowest BCUT2D eigenvalue weighted by Crippen LogP contribution is -1.97. The van der Waals surface area contributed by atoms with E-state index in [1.165, 1.54) is 33.4 Å². The molecule has 0 saturated carbocycles. The summed E-state index contributed by atoms with van der Waals surface area (Å²) in [7, 11) is 1.74. The quantitative estimate of drug-likeness (QED) is 0.523. The van der Waals surface area contributed by atoms with Crippen molar-refractivity contribution in [2.75, 3.05) is 7.11 Å². The molecule has 0 bridgehead atoms. The predicted octanol–water partition coefficient (Wildman–Crippen LogP) is 4.86. The summed E-state index contributed by atoms with van der Waals surface area (Å²) in [5.74, 6) is 0.968. The van der Waals surface area contributed by atoms with Crippen molar-refractivity contribution in [1.29, 1.82) is 0 Å². The van der Waals surface area contributed by atoms with Gasteiger partial charge in [0.1, 0.15) is 5.75 Å². The maximum atomic E-state index is 5.50. The van der Waals surface area contributed by atoms with E-state index in [9.17, 15) is 0 Å². The minimum absolute atomic E-state index is 0.918.